The summed E-state index contributed by atoms with van der Waals surface area (Å²) in [6.07, 6.45) is 7.31. The highest BCUT2D eigenvalue weighted by Crippen LogP contribution is 2.35. The van der Waals surface area contributed by atoms with Crippen LogP contribution in [0.4, 0.5) is 0 Å². The molecule has 5 aromatic rings. The van der Waals surface area contributed by atoms with E-state index in [1.165, 1.54) is 11.3 Å². The van der Waals surface area contributed by atoms with Gasteiger partial charge in [0.05, 0.1) is 28.5 Å². The van der Waals surface area contributed by atoms with Crippen LogP contribution in [0, 0.1) is 12.3 Å². The Kier molecular flexibility index (Phi) is 7.54. The summed E-state index contributed by atoms with van der Waals surface area (Å²) in [7, 11) is 0. The molecule has 1 unspecified atom stereocenters. The number of hydrogen-bond donors (Lipinski definition) is 0. The number of rotatable bonds is 7. The van der Waals surface area contributed by atoms with Gasteiger partial charge < -0.3 is 9.47 Å². The van der Waals surface area contributed by atoms with Crippen LogP contribution in [0.3, 0.4) is 0 Å². The molecule has 6 rings (SSSR count). The first-order valence-corrected chi connectivity index (χ1v) is 14.3. The monoisotopic (exact) mass is 570 g/mol. The number of hydrogen-bond acceptors (Lipinski definition) is 6. The second kappa shape index (κ2) is 11.7. The summed E-state index contributed by atoms with van der Waals surface area (Å²) in [5.74, 6) is 2.58. The van der Waals surface area contributed by atoms with E-state index in [1.54, 1.807) is 11.5 Å². The predicted molar refractivity (Wildman–Crippen MR) is 166 cm³/mol. The molecule has 1 aromatic heterocycles. The lowest BCUT2D eigenvalue weighted by atomic mass is 9.93. The van der Waals surface area contributed by atoms with E-state index in [1.807, 2.05) is 103 Å². The van der Waals surface area contributed by atoms with Gasteiger partial charge in [-0.2, -0.15) is 0 Å². The Balaban J connectivity index is 1.66. The van der Waals surface area contributed by atoms with Gasteiger partial charge in [0.25, 0.3) is 5.56 Å². The number of terminal acetylenes is 1. The number of benzene rings is 4. The molecule has 0 fully saturated rings. The van der Waals surface area contributed by atoms with Crippen LogP contribution in [0.15, 0.2) is 112 Å². The van der Waals surface area contributed by atoms with Gasteiger partial charge >= 0.3 is 5.97 Å². The van der Waals surface area contributed by atoms with Crippen molar-refractivity contribution in [2.24, 2.45) is 4.99 Å². The lowest BCUT2D eigenvalue weighted by molar-refractivity contribution is -0.138. The van der Waals surface area contributed by atoms with Crippen molar-refractivity contribution in [2.75, 3.05) is 13.2 Å². The number of fused-ring (bicyclic) bond motifs is 2. The minimum atomic E-state index is -0.733. The van der Waals surface area contributed by atoms with Gasteiger partial charge in [0.15, 0.2) is 4.80 Å². The molecule has 0 saturated heterocycles. The molecule has 0 saturated carbocycles. The number of thiazole rings is 1. The molecular weight excluding hydrogens is 544 g/mol. The molecular formula is C35H26N2O4S. The van der Waals surface area contributed by atoms with E-state index in [0.29, 0.717) is 26.4 Å². The zero-order valence-electron chi connectivity index (χ0n) is 22.8. The second-order valence-corrected chi connectivity index (χ2v) is 10.5. The molecule has 0 N–H and O–H groups in total. The van der Waals surface area contributed by atoms with Gasteiger partial charge in [-0.05, 0) is 35.4 Å². The molecule has 6 nitrogen and oxygen atoms in total. The Bertz CT molecular complexity index is 2050. The summed E-state index contributed by atoms with van der Waals surface area (Å²) in [4.78, 5) is 33.3. The Morgan fingerprint density at radius 1 is 1.00 bits per heavy atom. The maximum atomic E-state index is 14.3. The van der Waals surface area contributed by atoms with E-state index in [-0.39, 0.29) is 18.8 Å². The van der Waals surface area contributed by atoms with Crippen LogP contribution in [-0.4, -0.2) is 23.8 Å². The minimum absolute atomic E-state index is 0.0950. The number of nitrogens with zero attached hydrogens (tertiary/aromatic N) is 2. The summed E-state index contributed by atoms with van der Waals surface area (Å²) >= 11 is 1.27. The van der Waals surface area contributed by atoms with Crippen molar-refractivity contribution >= 4 is 39.9 Å². The molecule has 1 aliphatic rings. The summed E-state index contributed by atoms with van der Waals surface area (Å²) in [5.41, 5.74) is 2.82. The lowest BCUT2D eigenvalue weighted by Crippen LogP contribution is -2.40. The number of carbonyl (C=O) groups excluding carboxylic acids is 1. The van der Waals surface area contributed by atoms with Gasteiger partial charge in [-0.25, -0.2) is 9.79 Å². The Morgan fingerprint density at radius 3 is 2.45 bits per heavy atom. The molecule has 0 amide bonds. The topological polar surface area (TPSA) is 69.9 Å². The zero-order chi connectivity index (χ0) is 29.1. The fourth-order valence-electron chi connectivity index (χ4n) is 5.19. The third kappa shape index (κ3) is 4.93. The van der Waals surface area contributed by atoms with Gasteiger partial charge in [0.2, 0.25) is 0 Å². The molecule has 7 heteroatoms. The maximum Gasteiger partial charge on any atom is 0.338 e. The SMILES string of the molecule is C#CCOc1ccc2ccccc2c1/C=c1/sc2n(c1=O)C(c1ccccc1)C(C(=O)OCC)=C(c1ccccc1)N=2. The van der Waals surface area contributed by atoms with Gasteiger partial charge in [0.1, 0.15) is 12.4 Å². The van der Waals surface area contributed by atoms with Crippen LogP contribution in [-0.2, 0) is 9.53 Å². The van der Waals surface area contributed by atoms with Crippen LogP contribution in [0.25, 0.3) is 22.5 Å². The second-order valence-electron chi connectivity index (χ2n) is 9.53. The van der Waals surface area contributed by atoms with Crippen molar-refractivity contribution in [3.05, 3.63) is 139 Å². The van der Waals surface area contributed by atoms with Crippen LogP contribution in [0.5, 0.6) is 5.75 Å². The smallest absolute Gasteiger partial charge is 0.338 e. The lowest BCUT2D eigenvalue weighted by Gasteiger charge is -2.25. The highest BCUT2D eigenvalue weighted by Gasteiger charge is 2.35. The molecule has 42 heavy (non-hydrogen) atoms. The molecule has 0 radical (unpaired) electrons. The van der Waals surface area contributed by atoms with E-state index >= 15 is 0 Å². The van der Waals surface area contributed by atoms with Crippen LogP contribution < -0.4 is 19.6 Å². The molecule has 0 bridgehead atoms. The largest absolute Gasteiger partial charge is 0.480 e. The average Bonchev–Trinajstić information content (AvgIpc) is 3.35. The summed E-state index contributed by atoms with van der Waals surface area (Å²) in [6.45, 7) is 2.05. The van der Waals surface area contributed by atoms with Crippen LogP contribution in [0.2, 0.25) is 0 Å². The molecule has 1 atom stereocenters. The first-order valence-electron chi connectivity index (χ1n) is 13.5. The van der Waals surface area contributed by atoms with E-state index in [2.05, 4.69) is 5.92 Å². The van der Waals surface area contributed by atoms with Gasteiger partial charge in [-0.1, -0.05) is 108 Å². The minimum Gasteiger partial charge on any atom is -0.480 e. The summed E-state index contributed by atoms with van der Waals surface area (Å²) in [6, 6.07) is 30.0. The first kappa shape index (κ1) is 27.0. The van der Waals surface area contributed by atoms with Crippen molar-refractivity contribution in [3.63, 3.8) is 0 Å². The van der Waals surface area contributed by atoms with Crippen LogP contribution in [0.1, 0.15) is 29.7 Å². The molecule has 2 heterocycles. The van der Waals surface area contributed by atoms with E-state index in [0.717, 1.165) is 27.5 Å². The van der Waals surface area contributed by atoms with Crippen molar-refractivity contribution < 1.29 is 14.3 Å². The standard InChI is InChI=1S/C35H26N2O4S/c1-3-21-41-28-20-19-23-13-11-12-18-26(23)27(28)22-29-33(38)37-32(25-16-9-6-10-17-25)30(34(39)40-4-2)31(36-35(37)42-29)24-14-7-5-8-15-24/h1,5-20,22,32H,4,21H2,2H3/b29-22+. The predicted octanol–water partition coefficient (Wildman–Crippen LogP) is 5.10. The Morgan fingerprint density at radius 2 is 1.71 bits per heavy atom. The Hall–Kier alpha value is -5.19. The van der Waals surface area contributed by atoms with Crippen molar-refractivity contribution in [3.8, 4) is 18.1 Å². The number of carbonyl (C=O) groups is 1. The molecule has 206 valence electrons. The van der Waals surface area contributed by atoms with E-state index in [9.17, 15) is 9.59 Å². The van der Waals surface area contributed by atoms with Gasteiger partial charge in [-0.3, -0.25) is 9.36 Å². The summed E-state index contributed by atoms with van der Waals surface area (Å²) < 4.78 is 13.5. The molecule has 4 aromatic carbocycles. The third-order valence-corrected chi connectivity index (χ3v) is 7.99. The normalized spacial score (nSPS) is 14.7. The fourth-order valence-corrected chi connectivity index (χ4v) is 6.17. The highest BCUT2D eigenvalue weighted by atomic mass is 32.1. The zero-order valence-corrected chi connectivity index (χ0v) is 23.6. The van der Waals surface area contributed by atoms with E-state index in [4.69, 9.17) is 20.9 Å². The third-order valence-electron chi connectivity index (χ3n) is 7.01. The van der Waals surface area contributed by atoms with E-state index < -0.39 is 12.0 Å². The number of aromatic nitrogens is 1. The molecule has 0 aliphatic carbocycles. The number of esters is 1. The van der Waals surface area contributed by atoms with Crippen LogP contribution >= 0.6 is 11.3 Å². The maximum absolute atomic E-state index is 14.3. The number of ether oxygens (including phenoxy) is 2. The molecule has 0 spiro atoms. The summed E-state index contributed by atoms with van der Waals surface area (Å²) in [5, 5.41) is 1.93. The fraction of sp³-hybridized carbons (Fsp3) is 0.114. The first-order chi connectivity index (χ1) is 20.6. The van der Waals surface area contributed by atoms with Gasteiger partial charge in [0, 0.05) is 11.1 Å². The average molecular weight is 571 g/mol. The Labute approximate surface area is 246 Å². The van der Waals surface area contributed by atoms with Crippen molar-refractivity contribution in [2.45, 2.75) is 13.0 Å². The van der Waals surface area contributed by atoms with Crippen molar-refractivity contribution in [1.82, 2.24) is 4.57 Å². The van der Waals surface area contributed by atoms with Crippen molar-refractivity contribution in [1.29, 1.82) is 0 Å². The highest BCUT2D eigenvalue weighted by molar-refractivity contribution is 7.07. The quantitative estimate of drug-likeness (QED) is 0.202. The molecule has 1 aliphatic heterocycles. The van der Waals surface area contributed by atoms with Gasteiger partial charge in [-0.15, -0.1) is 6.42 Å².